The molecule has 1 heterocycles. The Bertz CT molecular complexity index is 678. The van der Waals surface area contributed by atoms with E-state index in [4.69, 9.17) is 16.3 Å². The largest absolute Gasteiger partial charge is 0.462 e. The minimum Gasteiger partial charge on any atom is -0.462 e. The lowest BCUT2D eigenvalue weighted by atomic mass is 10.2. The van der Waals surface area contributed by atoms with Gasteiger partial charge < -0.3 is 9.64 Å². The highest BCUT2D eigenvalue weighted by atomic mass is 35.5. The lowest BCUT2D eigenvalue weighted by Crippen LogP contribution is -2.07. The zero-order chi connectivity index (χ0) is 16.1. The molecule has 0 aliphatic carbocycles. The van der Waals surface area contributed by atoms with Gasteiger partial charge in [0, 0.05) is 24.0 Å². The Morgan fingerprint density at radius 2 is 2.05 bits per heavy atom. The molecule has 0 radical (unpaired) electrons. The van der Waals surface area contributed by atoms with Crippen molar-refractivity contribution in [1.82, 2.24) is 4.90 Å². The number of thiophene rings is 1. The smallest absolute Gasteiger partial charge is 0.350 e. The molecule has 0 fully saturated rings. The maximum Gasteiger partial charge on any atom is 0.350 e. The summed E-state index contributed by atoms with van der Waals surface area (Å²) in [5, 5.41) is 0.678. The fraction of sp³-hybridized carbons (Fsp3) is 0.250. The van der Waals surface area contributed by atoms with Gasteiger partial charge in [0.25, 0.3) is 0 Å². The second kappa shape index (κ2) is 7.42. The molecule has 116 valence electrons. The van der Waals surface area contributed by atoms with Crippen LogP contribution in [0.5, 0.6) is 0 Å². The van der Waals surface area contributed by atoms with Gasteiger partial charge in [0.15, 0.2) is 0 Å². The van der Waals surface area contributed by atoms with Crippen LogP contribution in [-0.4, -0.2) is 37.9 Å². The molecule has 0 aliphatic rings. The monoisotopic (exact) mass is 336 g/mol. The number of hydrogen-bond acceptors (Lipinski definition) is 4. The number of rotatable bonds is 5. The summed E-state index contributed by atoms with van der Waals surface area (Å²) in [6.07, 6.45) is 1.66. The average Bonchev–Trinajstić information content (AvgIpc) is 2.90. The standard InChI is InChI=1S/C16H17ClN2O2S/c1-4-21-16(20)15-13(18-10-19(2)3)9-14(22-15)11-5-7-12(17)8-6-11/h5-10H,4H2,1-3H3. The number of halogens is 1. The Hall–Kier alpha value is -1.85. The molecule has 0 unspecified atom stereocenters. The fourth-order valence-corrected chi connectivity index (χ4v) is 2.88. The van der Waals surface area contributed by atoms with E-state index in [9.17, 15) is 4.79 Å². The molecule has 4 nitrogen and oxygen atoms in total. The molecule has 2 aromatic rings. The molecule has 0 spiro atoms. The maximum absolute atomic E-state index is 12.1. The predicted molar refractivity (Wildman–Crippen MR) is 92.6 cm³/mol. The number of carbonyl (C=O) groups excluding carboxylic acids is 1. The van der Waals surface area contributed by atoms with Crippen molar-refractivity contribution in [1.29, 1.82) is 0 Å². The van der Waals surface area contributed by atoms with E-state index in [1.165, 1.54) is 11.3 Å². The normalized spacial score (nSPS) is 10.9. The molecule has 0 bridgehead atoms. The van der Waals surface area contributed by atoms with E-state index in [1.807, 2.05) is 49.3 Å². The quantitative estimate of drug-likeness (QED) is 0.459. The van der Waals surface area contributed by atoms with Crippen molar-refractivity contribution in [3.63, 3.8) is 0 Å². The van der Waals surface area contributed by atoms with Crippen molar-refractivity contribution < 1.29 is 9.53 Å². The van der Waals surface area contributed by atoms with Crippen LogP contribution in [0.25, 0.3) is 10.4 Å². The van der Waals surface area contributed by atoms with Gasteiger partial charge in [0.2, 0.25) is 0 Å². The van der Waals surface area contributed by atoms with E-state index >= 15 is 0 Å². The Balaban J connectivity index is 2.42. The molecule has 0 N–H and O–H groups in total. The van der Waals surface area contributed by atoms with E-state index in [0.29, 0.717) is 22.2 Å². The van der Waals surface area contributed by atoms with E-state index < -0.39 is 0 Å². The van der Waals surface area contributed by atoms with Crippen LogP contribution in [0, 0.1) is 0 Å². The van der Waals surface area contributed by atoms with Crippen LogP contribution in [0.3, 0.4) is 0 Å². The summed E-state index contributed by atoms with van der Waals surface area (Å²) < 4.78 is 5.11. The van der Waals surface area contributed by atoms with Crippen LogP contribution in [-0.2, 0) is 4.74 Å². The van der Waals surface area contributed by atoms with Crippen LogP contribution in [0.15, 0.2) is 35.3 Å². The first-order valence-electron chi connectivity index (χ1n) is 6.78. The molecule has 6 heteroatoms. The molecular formula is C16H17ClN2O2S. The van der Waals surface area contributed by atoms with Crippen LogP contribution < -0.4 is 0 Å². The van der Waals surface area contributed by atoms with Crippen LogP contribution in [0.2, 0.25) is 5.02 Å². The van der Waals surface area contributed by atoms with Gasteiger partial charge in [-0.25, -0.2) is 9.79 Å². The van der Waals surface area contributed by atoms with Crippen LogP contribution >= 0.6 is 22.9 Å². The third kappa shape index (κ3) is 4.08. The third-order valence-corrected chi connectivity index (χ3v) is 4.14. The van der Waals surface area contributed by atoms with Crippen molar-refractivity contribution in [2.24, 2.45) is 4.99 Å². The van der Waals surface area contributed by atoms with Crippen LogP contribution in [0.1, 0.15) is 16.6 Å². The highest BCUT2D eigenvalue weighted by Gasteiger charge is 2.18. The molecular weight excluding hydrogens is 320 g/mol. The first-order valence-corrected chi connectivity index (χ1v) is 7.98. The number of aliphatic imine (C=N–C) groups is 1. The van der Waals surface area contributed by atoms with Gasteiger partial charge >= 0.3 is 5.97 Å². The third-order valence-electron chi connectivity index (χ3n) is 2.73. The molecule has 0 saturated heterocycles. The topological polar surface area (TPSA) is 41.9 Å². The Kier molecular flexibility index (Phi) is 5.57. The first kappa shape index (κ1) is 16.5. The molecule has 1 aromatic heterocycles. The molecule has 1 aromatic carbocycles. The highest BCUT2D eigenvalue weighted by Crippen LogP contribution is 2.37. The molecule has 0 saturated carbocycles. The zero-order valence-electron chi connectivity index (χ0n) is 12.7. The summed E-state index contributed by atoms with van der Waals surface area (Å²) in [5.74, 6) is -0.349. The summed E-state index contributed by atoms with van der Waals surface area (Å²) in [6.45, 7) is 2.12. The summed E-state index contributed by atoms with van der Waals surface area (Å²) >= 11 is 7.28. The average molecular weight is 337 g/mol. The number of carbonyl (C=O) groups is 1. The van der Waals surface area contributed by atoms with E-state index in [-0.39, 0.29) is 5.97 Å². The summed E-state index contributed by atoms with van der Waals surface area (Å²) in [7, 11) is 3.75. The number of ether oxygens (including phenoxy) is 1. The predicted octanol–water partition coefficient (Wildman–Crippen LogP) is 4.47. The number of esters is 1. The molecule has 0 aliphatic heterocycles. The summed E-state index contributed by atoms with van der Waals surface area (Å²) in [6, 6.07) is 9.37. The lowest BCUT2D eigenvalue weighted by Gasteiger charge is -2.03. The van der Waals surface area contributed by atoms with Crippen molar-refractivity contribution >= 4 is 40.9 Å². The van der Waals surface area contributed by atoms with Gasteiger partial charge in [0.05, 0.1) is 18.6 Å². The van der Waals surface area contributed by atoms with Gasteiger partial charge in [-0.05, 0) is 30.7 Å². The maximum atomic E-state index is 12.1. The number of nitrogens with zero attached hydrogens (tertiary/aromatic N) is 2. The van der Waals surface area contributed by atoms with E-state index in [2.05, 4.69) is 4.99 Å². The number of hydrogen-bond donors (Lipinski definition) is 0. The molecule has 2 rings (SSSR count). The van der Waals surface area contributed by atoms with Crippen molar-refractivity contribution in [2.75, 3.05) is 20.7 Å². The van der Waals surface area contributed by atoms with E-state index in [1.54, 1.807) is 13.3 Å². The number of benzene rings is 1. The molecule has 0 atom stereocenters. The summed E-state index contributed by atoms with van der Waals surface area (Å²) in [5.41, 5.74) is 1.60. The molecule has 22 heavy (non-hydrogen) atoms. The highest BCUT2D eigenvalue weighted by molar-refractivity contribution is 7.18. The Labute approximate surface area is 139 Å². The SMILES string of the molecule is CCOC(=O)c1sc(-c2ccc(Cl)cc2)cc1N=CN(C)C. The van der Waals surface area contributed by atoms with Gasteiger partial charge in [-0.3, -0.25) is 0 Å². The summed E-state index contributed by atoms with van der Waals surface area (Å²) in [4.78, 5) is 19.7. The lowest BCUT2D eigenvalue weighted by molar-refractivity contribution is 0.0533. The van der Waals surface area contributed by atoms with Crippen molar-refractivity contribution in [3.8, 4) is 10.4 Å². The zero-order valence-corrected chi connectivity index (χ0v) is 14.2. The minimum atomic E-state index is -0.349. The second-order valence-corrected chi connectivity index (χ2v) is 6.25. The fourth-order valence-electron chi connectivity index (χ4n) is 1.75. The van der Waals surface area contributed by atoms with Crippen molar-refractivity contribution in [2.45, 2.75) is 6.92 Å². The molecule has 0 amide bonds. The van der Waals surface area contributed by atoms with Crippen LogP contribution in [0.4, 0.5) is 5.69 Å². The minimum absolute atomic E-state index is 0.337. The first-order chi connectivity index (χ1) is 10.5. The second-order valence-electron chi connectivity index (χ2n) is 4.76. The van der Waals surface area contributed by atoms with Gasteiger partial charge in [-0.15, -0.1) is 11.3 Å². The van der Waals surface area contributed by atoms with Gasteiger partial charge in [-0.1, -0.05) is 23.7 Å². The van der Waals surface area contributed by atoms with E-state index in [0.717, 1.165) is 10.4 Å². The van der Waals surface area contributed by atoms with Gasteiger partial charge in [-0.2, -0.15) is 0 Å². The van der Waals surface area contributed by atoms with Gasteiger partial charge in [0.1, 0.15) is 4.88 Å². The Morgan fingerprint density at radius 1 is 1.36 bits per heavy atom. The Morgan fingerprint density at radius 3 is 2.64 bits per heavy atom. The van der Waals surface area contributed by atoms with Crippen molar-refractivity contribution in [3.05, 3.63) is 40.2 Å².